The van der Waals surface area contributed by atoms with E-state index in [1.807, 2.05) is 42.3 Å². The summed E-state index contributed by atoms with van der Waals surface area (Å²) in [7, 11) is 6.59. The van der Waals surface area contributed by atoms with Crippen molar-refractivity contribution in [1.82, 2.24) is 0 Å². The lowest BCUT2D eigenvalue weighted by Gasteiger charge is -2.20. The predicted molar refractivity (Wildman–Crippen MR) is 179 cm³/mol. The summed E-state index contributed by atoms with van der Waals surface area (Å²) >= 11 is 0. The van der Waals surface area contributed by atoms with E-state index in [-0.39, 0.29) is 0 Å². The highest BCUT2D eigenvalue weighted by molar-refractivity contribution is 7.79. The molecule has 0 N–H and O–H groups in total. The number of quaternary nitrogens is 2. The van der Waals surface area contributed by atoms with Gasteiger partial charge in [-0.15, -0.1) is 0 Å². The molecule has 8 nitrogen and oxygen atoms in total. The SMILES string of the molecule is CCCCCCCCCCCCCC(=O)[N+](C)(C)C.CCCCCCCCCCCCCC(=O)[N+](C)(C)C.O=S(=O)([O-])[O-]. The fourth-order valence-corrected chi connectivity index (χ4v) is 4.55. The third-order valence-corrected chi connectivity index (χ3v) is 7.48. The molecule has 0 fully saturated rings. The van der Waals surface area contributed by atoms with Gasteiger partial charge in [0.25, 0.3) is 0 Å². The maximum atomic E-state index is 11.7. The molecule has 0 aliphatic rings. The van der Waals surface area contributed by atoms with Crippen LogP contribution in [-0.4, -0.2) is 80.6 Å². The van der Waals surface area contributed by atoms with E-state index in [0.29, 0.717) is 20.8 Å². The minimum absolute atomic E-state index is 0.357. The molecule has 9 heteroatoms. The molecule has 2 amide bonds. The van der Waals surface area contributed by atoms with Crippen LogP contribution in [0.3, 0.4) is 0 Å². The molecule has 0 heterocycles. The lowest BCUT2D eigenvalue weighted by molar-refractivity contribution is -0.792. The number of carbonyl (C=O) groups is 2. The van der Waals surface area contributed by atoms with Crippen molar-refractivity contribution in [3.8, 4) is 0 Å². The Morgan fingerprint density at radius 2 is 0.581 bits per heavy atom. The van der Waals surface area contributed by atoms with E-state index in [9.17, 15) is 9.59 Å². The summed E-state index contributed by atoms with van der Waals surface area (Å²) in [5, 5.41) is 0. The van der Waals surface area contributed by atoms with Crippen LogP contribution >= 0.6 is 0 Å². The van der Waals surface area contributed by atoms with Crippen LogP contribution in [0.25, 0.3) is 0 Å². The minimum atomic E-state index is -5.17. The topological polar surface area (TPSA) is 114 Å². The van der Waals surface area contributed by atoms with Gasteiger partial charge in [0.1, 0.15) is 0 Å². The number of nitrogens with zero attached hydrogens (tertiary/aromatic N) is 2. The number of amides is 2. The van der Waals surface area contributed by atoms with Crippen LogP contribution in [0.4, 0.5) is 0 Å². The summed E-state index contributed by atoms with van der Waals surface area (Å²) in [5.41, 5.74) is 0. The molecule has 0 saturated heterocycles. The Balaban J connectivity index is -0.000000642. The molecule has 0 aromatic carbocycles. The second kappa shape index (κ2) is 29.8. The summed E-state index contributed by atoms with van der Waals surface area (Å²) < 4.78 is 35.0. The summed E-state index contributed by atoms with van der Waals surface area (Å²) in [6.07, 6.45) is 31.0. The number of rotatable bonds is 24. The maximum absolute atomic E-state index is 11.7. The first-order valence-corrected chi connectivity index (χ1v) is 18.7. The third kappa shape index (κ3) is 45.7. The fourth-order valence-electron chi connectivity index (χ4n) is 4.55. The van der Waals surface area contributed by atoms with Gasteiger partial charge in [-0.1, -0.05) is 142 Å². The van der Waals surface area contributed by atoms with Crippen LogP contribution in [0, 0.1) is 0 Å². The highest BCUT2D eigenvalue weighted by atomic mass is 32.3. The fraction of sp³-hybridized carbons (Fsp3) is 0.941. The van der Waals surface area contributed by atoms with Gasteiger partial charge in [0.15, 0.2) is 0 Å². The van der Waals surface area contributed by atoms with Gasteiger partial charge in [0, 0.05) is 10.4 Å². The van der Waals surface area contributed by atoms with Gasteiger partial charge in [-0.2, -0.15) is 0 Å². The standard InChI is InChI=1S/2C17H36NO.H2O4S/c2*1-5-6-7-8-9-10-11-12-13-14-15-16-17(19)18(2,3)4;1-5(2,3)4/h2*5-16H2,1-4H3;(H2,1,2,3,4)/q2*+1;/p-2. The molecule has 0 aliphatic carbocycles. The number of unbranched alkanes of at least 4 members (excludes halogenated alkanes) is 20. The van der Waals surface area contributed by atoms with Gasteiger partial charge in [0.2, 0.25) is 0 Å². The zero-order chi connectivity index (χ0) is 33.6. The van der Waals surface area contributed by atoms with Crippen molar-refractivity contribution >= 4 is 22.2 Å². The number of hydrogen-bond donors (Lipinski definition) is 0. The molecule has 0 rings (SSSR count). The molecular formula is C34H72N2O6S. The average Bonchev–Trinajstić information content (AvgIpc) is 2.88. The van der Waals surface area contributed by atoms with Crippen LogP contribution in [0.2, 0.25) is 0 Å². The summed E-state index contributed by atoms with van der Waals surface area (Å²) in [6, 6.07) is 0. The van der Waals surface area contributed by atoms with Crippen molar-refractivity contribution in [2.24, 2.45) is 0 Å². The Hall–Kier alpha value is -0.870. The molecule has 0 aliphatic heterocycles. The van der Waals surface area contributed by atoms with Crippen molar-refractivity contribution in [2.75, 3.05) is 42.3 Å². The van der Waals surface area contributed by atoms with E-state index < -0.39 is 10.4 Å². The molecule has 0 spiro atoms. The summed E-state index contributed by atoms with van der Waals surface area (Å²) in [5.74, 6) is 0.715. The number of carbonyl (C=O) groups excluding carboxylic acids is 2. The van der Waals surface area contributed by atoms with Crippen LogP contribution in [0.5, 0.6) is 0 Å². The molecule has 260 valence electrons. The van der Waals surface area contributed by atoms with E-state index in [0.717, 1.165) is 25.7 Å². The lowest BCUT2D eigenvalue weighted by Crippen LogP contribution is -2.40. The first kappa shape index (κ1) is 46.5. The Bertz CT molecular complexity index is 687. The van der Waals surface area contributed by atoms with E-state index in [4.69, 9.17) is 17.5 Å². The van der Waals surface area contributed by atoms with Gasteiger partial charge < -0.3 is 9.11 Å². The van der Waals surface area contributed by atoms with Crippen molar-refractivity contribution in [3.05, 3.63) is 0 Å². The molecule has 0 aromatic heterocycles. The van der Waals surface area contributed by atoms with Gasteiger partial charge in [-0.3, -0.25) is 17.4 Å². The van der Waals surface area contributed by atoms with Crippen molar-refractivity contribution < 1.29 is 36.1 Å². The van der Waals surface area contributed by atoms with Crippen molar-refractivity contribution in [2.45, 2.75) is 168 Å². The average molecular weight is 637 g/mol. The molecule has 0 radical (unpaired) electrons. The molecular weight excluding hydrogens is 564 g/mol. The zero-order valence-corrected chi connectivity index (χ0v) is 30.5. The van der Waals surface area contributed by atoms with Crippen LogP contribution in [0.15, 0.2) is 0 Å². The molecule has 0 bridgehead atoms. The molecule has 0 unspecified atom stereocenters. The van der Waals surface area contributed by atoms with Crippen LogP contribution < -0.4 is 0 Å². The maximum Gasteiger partial charge on any atom is 0.313 e. The van der Waals surface area contributed by atoms with E-state index in [1.165, 1.54) is 128 Å². The smallest absolute Gasteiger partial charge is 0.313 e. The largest absolute Gasteiger partial charge is 0.759 e. The number of hydrogen-bond acceptors (Lipinski definition) is 6. The van der Waals surface area contributed by atoms with E-state index in [2.05, 4.69) is 13.8 Å². The summed E-state index contributed by atoms with van der Waals surface area (Å²) in [4.78, 5) is 23.4. The van der Waals surface area contributed by atoms with Gasteiger partial charge in [0.05, 0.1) is 55.1 Å². The lowest BCUT2D eigenvalue weighted by atomic mass is 10.1. The zero-order valence-electron chi connectivity index (χ0n) is 29.7. The minimum Gasteiger partial charge on any atom is -0.759 e. The predicted octanol–water partition coefficient (Wildman–Crippen LogP) is 8.50. The molecule has 0 aromatic rings. The molecule has 43 heavy (non-hydrogen) atoms. The van der Waals surface area contributed by atoms with Gasteiger partial charge in [-0.05, 0) is 12.8 Å². The van der Waals surface area contributed by atoms with E-state index >= 15 is 0 Å². The highest BCUT2D eigenvalue weighted by Crippen LogP contribution is 2.14. The van der Waals surface area contributed by atoms with Gasteiger partial charge in [-0.25, -0.2) is 9.59 Å². The monoisotopic (exact) mass is 637 g/mol. The molecule has 0 saturated carbocycles. The second-order valence-corrected chi connectivity index (χ2v) is 14.6. The third-order valence-electron chi connectivity index (χ3n) is 7.48. The first-order chi connectivity index (χ1) is 20.0. The van der Waals surface area contributed by atoms with Crippen LogP contribution in [-0.2, 0) is 20.0 Å². The summed E-state index contributed by atoms with van der Waals surface area (Å²) in [6.45, 7) is 4.53. The quantitative estimate of drug-likeness (QED) is 0.0454. The van der Waals surface area contributed by atoms with Gasteiger partial charge >= 0.3 is 11.8 Å². The Morgan fingerprint density at radius 1 is 0.419 bits per heavy atom. The Labute approximate surface area is 268 Å². The highest BCUT2D eigenvalue weighted by Gasteiger charge is 2.19. The Morgan fingerprint density at radius 3 is 0.744 bits per heavy atom. The normalized spacial score (nSPS) is 11.8. The van der Waals surface area contributed by atoms with Crippen LogP contribution in [0.1, 0.15) is 168 Å². The van der Waals surface area contributed by atoms with Crippen molar-refractivity contribution in [1.29, 1.82) is 0 Å². The first-order valence-electron chi connectivity index (χ1n) is 17.3. The van der Waals surface area contributed by atoms with E-state index in [1.54, 1.807) is 0 Å². The second-order valence-electron chi connectivity index (χ2n) is 13.8. The van der Waals surface area contributed by atoms with Crippen molar-refractivity contribution in [3.63, 3.8) is 0 Å². The Kier molecular flexibility index (Phi) is 32.3. The molecule has 0 atom stereocenters.